The number of halogens is 2. The lowest BCUT2D eigenvalue weighted by molar-refractivity contribution is 0.0789. The molecule has 0 spiro atoms. The molecular formula is C14H13Br2NO2S. The van der Waals surface area contributed by atoms with Gasteiger partial charge >= 0.3 is 0 Å². The average molecular weight is 419 g/mol. The van der Waals surface area contributed by atoms with E-state index in [2.05, 4.69) is 31.9 Å². The summed E-state index contributed by atoms with van der Waals surface area (Å²) in [4.78, 5) is 14.7. The standard InChI is InChI=1S/C14H13Br2NO2S/c1-17(14(18)12-5-6-13(16)20-12)8-9-7-10(15)3-4-11(9)19-2/h3-7H,8H2,1-2H3. The minimum absolute atomic E-state index is 0.00253. The van der Waals surface area contributed by atoms with Crippen molar-refractivity contribution in [2.75, 3.05) is 14.2 Å². The van der Waals surface area contributed by atoms with Crippen molar-refractivity contribution in [2.45, 2.75) is 6.54 Å². The number of thiophene rings is 1. The number of rotatable bonds is 4. The SMILES string of the molecule is COc1ccc(Br)cc1CN(C)C(=O)c1ccc(Br)s1. The van der Waals surface area contributed by atoms with Crippen LogP contribution >= 0.6 is 43.2 Å². The molecule has 0 saturated carbocycles. The molecule has 1 aromatic heterocycles. The number of methoxy groups -OCH3 is 1. The van der Waals surface area contributed by atoms with Gasteiger partial charge in [-0.15, -0.1) is 11.3 Å². The first-order chi connectivity index (χ1) is 9.51. The number of amides is 1. The van der Waals surface area contributed by atoms with E-state index < -0.39 is 0 Å². The maximum absolute atomic E-state index is 12.3. The van der Waals surface area contributed by atoms with Crippen LogP contribution in [0.5, 0.6) is 5.75 Å². The van der Waals surface area contributed by atoms with Crippen LogP contribution in [-0.2, 0) is 6.54 Å². The normalized spacial score (nSPS) is 10.4. The molecule has 0 radical (unpaired) electrons. The number of hydrogen-bond donors (Lipinski definition) is 0. The van der Waals surface area contributed by atoms with Gasteiger partial charge in [-0.3, -0.25) is 4.79 Å². The molecule has 2 aromatic rings. The Morgan fingerprint density at radius 3 is 2.65 bits per heavy atom. The van der Waals surface area contributed by atoms with Crippen molar-refractivity contribution in [2.24, 2.45) is 0 Å². The Hall–Kier alpha value is -0.850. The predicted octanol–water partition coefficient (Wildman–Crippen LogP) is 4.55. The minimum atomic E-state index is 0.00253. The number of carbonyl (C=O) groups is 1. The summed E-state index contributed by atoms with van der Waals surface area (Å²) in [5.74, 6) is 0.780. The molecule has 0 aliphatic rings. The Bertz CT molecular complexity index is 627. The molecule has 0 fully saturated rings. The predicted molar refractivity (Wildman–Crippen MR) is 88.5 cm³/mol. The first kappa shape index (κ1) is 15.5. The largest absolute Gasteiger partial charge is 0.496 e. The van der Waals surface area contributed by atoms with Gasteiger partial charge in [-0.05, 0) is 46.3 Å². The van der Waals surface area contributed by atoms with Crippen LogP contribution in [0.25, 0.3) is 0 Å². The number of ether oxygens (including phenoxy) is 1. The summed E-state index contributed by atoms with van der Waals surface area (Å²) in [7, 11) is 3.42. The maximum atomic E-state index is 12.3. The fourth-order valence-electron chi connectivity index (χ4n) is 1.82. The molecule has 106 valence electrons. The summed E-state index contributed by atoms with van der Waals surface area (Å²) < 4.78 is 7.25. The van der Waals surface area contributed by atoms with E-state index >= 15 is 0 Å². The lowest BCUT2D eigenvalue weighted by atomic mass is 10.2. The van der Waals surface area contributed by atoms with E-state index in [4.69, 9.17) is 4.74 Å². The zero-order valence-electron chi connectivity index (χ0n) is 11.0. The third kappa shape index (κ3) is 3.62. The van der Waals surface area contributed by atoms with E-state index in [0.29, 0.717) is 11.4 Å². The zero-order chi connectivity index (χ0) is 14.7. The van der Waals surface area contributed by atoms with Crippen LogP contribution in [-0.4, -0.2) is 25.0 Å². The third-order valence-corrected chi connectivity index (χ3v) is 4.89. The fraction of sp³-hybridized carbons (Fsp3) is 0.214. The van der Waals surface area contributed by atoms with Crippen LogP contribution in [0, 0.1) is 0 Å². The molecule has 20 heavy (non-hydrogen) atoms. The lowest BCUT2D eigenvalue weighted by Gasteiger charge is -2.18. The van der Waals surface area contributed by atoms with Gasteiger partial charge in [0.1, 0.15) is 5.75 Å². The van der Waals surface area contributed by atoms with Gasteiger partial charge in [0.05, 0.1) is 15.8 Å². The van der Waals surface area contributed by atoms with Gasteiger partial charge in [0.2, 0.25) is 0 Å². The van der Waals surface area contributed by atoms with Crippen molar-refractivity contribution < 1.29 is 9.53 Å². The van der Waals surface area contributed by atoms with Gasteiger partial charge in [-0.25, -0.2) is 0 Å². The van der Waals surface area contributed by atoms with Gasteiger partial charge in [0.25, 0.3) is 5.91 Å². The van der Waals surface area contributed by atoms with Crippen molar-refractivity contribution in [1.29, 1.82) is 0 Å². The first-order valence-corrected chi connectivity index (χ1v) is 8.24. The van der Waals surface area contributed by atoms with Crippen LogP contribution in [0.1, 0.15) is 15.2 Å². The second-order valence-corrected chi connectivity index (χ2v) is 7.60. The molecular weight excluding hydrogens is 406 g/mol. The molecule has 0 N–H and O–H groups in total. The molecule has 3 nitrogen and oxygen atoms in total. The molecule has 1 heterocycles. The molecule has 2 rings (SSSR count). The van der Waals surface area contributed by atoms with Crippen molar-refractivity contribution in [3.05, 3.63) is 49.0 Å². The number of carbonyl (C=O) groups excluding carboxylic acids is 1. The van der Waals surface area contributed by atoms with Crippen LogP contribution in [0.2, 0.25) is 0 Å². The molecule has 0 atom stereocenters. The Morgan fingerprint density at radius 1 is 1.30 bits per heavy atom. The smallest absolute Gasteiger partial charge is 0.264 e. The van der Waals surface area contributed by atoms with Crippen LogP contribution in [0.4, 0.5) is 0 Å². The summed E-state index contributed by atoms with van der Waals surface area (Å²) in [6.07, 6.45) is 0. The molecule has 0 bridgehead atoms. The van der Waals surface area contributed by atoms with Gasteiger partial charge in [-0.1, -0.05) is 15.9 Å². The van der Waals surface area contributed by atoms with Crippen molar-refractivity contribution in [3.63, 3.8) is 0 Å². The lowest BCUT2D eigenvalue weighted by Crippen LogP contribution is -2.25. The van der Waals surface area contributed by atoms with Crippen molar-refractivity contribution in [3.8, 4) is 5.75 Å². The zero-order valence-corrected chi connectivity index (χ0v) is 15.0. The quantitative estimate of drug-likeness (QED) is 0.728. The highest BCUT2D eigenvalue weighted by Gasteiger charge is 2.16. The van der Waals surface area contributed by atoms with Crippen LogP contribution in [0.3, 0.4) is 0 Å². The van der Waals surface area contributed by atoms with E-state index in [0.717, 1.165) is 19.6 Å². The second-order valence-electron chi connectivity index (χ2n) is 4.22. The highest BCUT2D eigenvalue weighted by molar-refractivity contribution is 9.11. The molecule has 0 saturated heterocycles. The van der Waals surface area contributed by atoms with Gasteiger partial charge in [-0.2, -0.15) is 0 Å². The van der Waals surface area contributed by atoms with E-state index in [1.54, 1.807) is 19.1 Å². The highest BCUT2D eigenvalue weighted by atomic mass is 79.9. The minimum Gasteiger partial charge on any atom is -0.496 e. The first-order valence-electron chi connectivity index (χ1n) is 5.84. The number of benzene rings is 1. The van der Waals surface area contributed by atoms with Gasteiger partial charge < -0.3 is 9.64 Å². The number of hydrogen-bond acceptors (Lipinski definition) is 3. The Labute approximate surface area is 138 Å². The Kier molecular flexibility index (Phi) is 5.23. The van der Waals surface area contributed by atoms with Gasteiger partial charge in [0.15, 0.2) is 0 Å². The molecule has 0 unspecified atom stereocenters. The second kappa shape index (κ2) is 6.74. The van der Waals surface area contributed by atoms with Gasteiger partial charge in [0, 0.05) is 23.6 Å². The van der Waals surface area contributed by atoms with Crippen LogP contribution in [0.15, 0.2) is 38.6 Å². The summed E-state index contributed by atoms with van der Waals surface area (Å²) in [5.41, 5.74) is 0.966. The van der Waals surface area contributed by atoms with E-state index in [9.17, 15) is 4.79 Å². The van der Waals surface area contributed by atoms with E-state index in [-0.39, 0.29) is 5.91 Å². The Morgan fingerprint density at radius 2 is 2.05 bits per heavy atom. The van der Waals surface area contributed by atoms with Crippen LogP contribution < -0.4 is 4.74 Å². The monoisotopic (exact) mass is 417 g/mol. The summed E-state index contributed by atoms with van der Waals surface area (Å²) >= 11 is 8.24. The third-order valence-electron chi connectivity index (χ3n) is 2.78. The van der Waals surface area contributed by atoms with Crippen molar-refractivity contribution in [1.82, 2.24) is 4.90 Å². The molecule has 0 aliphatic heterocycles. The molecule has 1 amide bonds. The molecule has 6 heteroatoms. The van der Waals surface area contributed by atoms with Crippen molar-refractivity contribution >= 4 is 49.1 Å². The molecule has 0 aliphatic carbocycles. The Balaban J connectivity index is 2.17. The fourth-order valence-corrected chi connectivity index (χ4v) is 3.60. The molecule has 1 aromatic carbocycles. The maximum Gasteiger partial charge on any atom is 0.264 e. The van der Waals surface area contributed by atoms with E-state index in [1.165, 1.54) is 11.3 Å². The summed E-state index contributed by atoms with van der Waals surface area (Å²) in [6.45, 7) is 0.497. The summed E-state index contributed by atoms with van der Waals surface area (Å²) in [5, 5.41) is 0. The summed E-state index contributed by atoms with van der Waals surface area (Å²) in [6, 6.07) is 9.48. The topological polar surface area (TPSA) is 29.5 Å². The highest BCUT2D eigenvalue weighted by Crippen LogP contribution is 2.26. The number of nitrogens with zero attached hydrogens (tertiary/aromatic N) is 1. The van der Waals surface area contributed by atoms with E-state index in [1.807, 2.05) is 30.3 Å². The average Bonchev–Trinajstić information content (AvgIpc) is 2.84.